The lowest BCUT2D eigenvalue weighted by atomic mass is 9.69. The van der Waals surface area contributed by atoms with Gasteiger partial charge in [-0.15, -0.1) is 0 Å². The Bertz CT molecular complexity index is 1230. The number of anilines is 1. The van der Waals surface area contributed by atoms with Crippen LogP contribution in [0.2, 0.25) is 0 Å². The van der Waals surface area contributed by atoms with E-state index < -0.39 is 39.6 Å². The Morgan fingerprint density at radius 3 is 2.29 bits per heavy atom. The predicted octanol–water partition coefficient (Wildman–Crippen LogP) is 6.09. The Hall–Kier alpha value is -3.49. The first-order valence-corrected chi connectivity index (χ1v) is 10.8. The third kappa shape index (κ3) is 4.22. The third-order valence-electron chi connectivity index (χ3n) is 6.36. The van der Waals surface area contributed by atoms with Gasteiger partial charge in [-0.3, -0.25) is 24.6 Å². The molecule has 9 heteroatoms. The molecule has 0 spiro atoms. The highest BCUT2D eigenvalue weighted by Gasteiger charge is 2.46. The maximum absolute atomic E-state index is 13.4. The molecule has 6 nitrogen and oxygen atoms in total. The molecular formula is C25H23F3N2O4. The van der Waals surface area contributed by atoms with Gasteiger partial charge >= 0.3 is 6.18 Å². The average Bonchev–Trinajstić information content (AvgIpc) is 2.71. The van der Waals surface area contributed by atoms with E-state index in [-0.39, 0.29) is 30.7 Å². The van der Waals surface area contributed by atoms with E-state index in [0.717, 1.165) is 28.2 Å². The summed E-state index contributed by atoms with van der Waals surface area (Å²) in [6.45, 7) is 5.63. The quantitative estimate of drug-likeness (QED) is 0.400. The molecule has 0 N–H and O–H groups in total. The van der Waals surface area contributed by atoms with Crippen LogP contribution >= 0.6 is 0 Å². The standard InChI is InChI=1S/C25H23F3N2O4/c1-14-4-6-15(7-5-14)17-11-22(32)29(20-12-24(2,3)13-21(31)23(17)20)18-9-8-16(25(26,27)28)10-19(18)30(33)34/h4-10,17H,11-13H2,1-3H3. The van der Waals surface area contributed by atoms with Crippen molar-refractivity contribution >= 4 is 23.1 Å². The molecule has 2 aromatic rings. The smallest absolute Gasteiger partial charge is 0.294 e. The van der Waals surface area contributed by atoms with Gasteiger partial charge in [-0.1, -0.05) is 43.7 Å². The van der Waals surface area contributed by atoms with E-state index >= 15 is 0 Å². The maximum atomic E-state index is 13.4. The predicted molar refractivity (Wildman–Crippen MR) is 119 cm³/mol. The Morgan fingerprint density at radius 1 is 1.06 bits per heavy atom. The number of amides is 1. The molecule has 178 valence electrons. The molecule has 0 bridgehead atoms. The first-order chi connectivity index (χ1) is 15.8. The number of carbonyl (C=O) groups excluding carboxylic acids is 2. The van der Waals surface area contributed by atoms with Gasteiger partial charge in [0.1, 0.15) is 5.69 Å². The van der Waals surface area contributed by atoms with Crippen LogP contribution in [0.3, 0.4) is 0 Å². The van der Waals surface area contributed by atoms with Crippen molar-refractivity contribution in [2.45, 2.75) is 52.1 Å². The van der Waals surface area contributed by atoms with Crippen molar-refractivity contribution in [1.82, 2.24) is 0 Å². The molecule has 1 heterocycles. The normalized spacial score (nSPS) is 20.4. The summed E-state index contributed by atoms with van der Waals surface area (Å²) in [5.74, 6) is -1.18. The van der Waals surface area contributed by atoms with E-state index in [2.05, 4.69) is 0 Å². The van der Waals surface area contributed by atoms with Crippen LogP contribution in [0.5, 0.6) is 0 Å². The van der Waals surface area contributed by atoms with Crippen molar-refractivity contribution in [3.8, 4) is 0 Å². The molecule has 2 aromatic carbocycles. The van der Waals surface area contributed by atoms with Crippen LogP contribution in [0.25, 0.3) is 0 Å². The molecule has 4 rings (SSSR count). The van der Waals surface area contributed by atoms with Gasteiger partial charge in [0.05, 0.1) is 10.5 Å². The summed E-state index contributed by atoms with van der Waals surface area (Å²) in [5, 5.41) is 11.7. The zero-order valence-electron chi connectivity index (χ0n) is 18.9. The van der Waals surface area contributed by atoms with E-state index in [1.807, 2.05) is 45.0 Å². The van der Waals surface area contributed by atoms with Gasteiger partial charge in [0.2, 0.25) is 5.91 Å². The average molecular weight is 472 g/mol. The van der Waals surface area contributed by atoms with Crippen LogP contribution in [0.4, 0.5) is 24.5 Å². The highest BCUT2D eigenvalue weighted by Crippen LogP contribution is 2.49. The molecule has 0 saturated heterocycles. The van der Waals surface area contributed by atoms with Gasteiger partial charge in [0, 0.05) is 36.1 Å². The molecule has 1 aliphatic heterocycles. The number of hydrogen-bond donors (Lipinski definition) is 0. The number of aryl methyl sites for hydroxylation is 1. The number of rotatable bonds is 3. The first-order valence-electron chi connectivity index (χ1n) is 10.8. The Labute approximate surface area is 194 Å². The number of ketones is 1. The zero-order valence-corrected chi connectivity index (χ0v) is 18.9. The summed E-state index contributed by atoms with van der Waals surface area (Å²) in [4.78, 5) is 38.6. The maximum Gasteiger partial charge on any atom is 0.416 e. The molecule has 1 aliphatic carbocycles. The van der Waals surface area contributed by atoms with Gasteiger partial charge in [-0.05, 0) is 36.5 Å². The highest BCUT2D eigenvalue weighted by molar-refractivity contribution is 6.08. The summed E-state index contributed by atoms with van der Waals surface area (Å²) in [5.41, 5.74) is -0.283. The van der Waals surface area contributed by atoms with Crippen LogP contribution in [0.15, 0.2) is 53.7 Å². The van der Waals surface area contributed by atoms with E-state index in [9.17, 15) is 32.9 Å². The summed E-state index contributed by atoms with van der Waals surface area (Å²) in [7, 11) is 0. The van der Waals surface area contributed by atoms with Crippen LogP contribution in [0.1, 0.15) is 55.7 Å². The van der Waals surface area contributed by atoms with Crippen LogP contribution in [-0.2, 0) is 15.8 Å². The van der Waals surface area contributed by atoms with Gasteiger partial charge in [0.25, 0.3) is 5.69 Å². The monoisotopic (exact) mass is 472 g/mol. The van der Waals surface area contributed by atoms with Crippen molar-refractivity contribution in [3.05, 3.63) is 80.5 Å². The van der Waals surface area contributed by atoms with Gasteiger partial charge in [-0.2, -0.15) is 13.2 Å². The van der Waals surface area contributed by atoms with E-state index in [0.29, 0.717) is 17.3 Å². The number of allylic oxidation sites excluding steroid dienone is 2. The Kier molecular flexibility index (Phi) is 5.62. The largest absolute Gasteiger partial charge is 0.416 e. The number of nitrogens with zero attached hydrogens (tertiary/aromatic N) is 2. The minimum Gasteiger partial charge on any atom is -0.294 e. The molecule has 34 heavy (non-hydrogen) atoms. The van der Waals surface area contributed by atoms with Crippen molar-refractivity contribution in [1.29, 1.82) is 0 Å². The molecule has 0 saturated carbocycles. The summed E-state index contributed by atoms with van der Waals surface area (Å²) >= 11 is 0. The number of benzene rings is 2. The minimum absolute atomic E-state index is 0.119. The molecule has 1 amide bonds. The topological polar surface area (TPSA) is 80.5 Å². The van der Waals surface area contributed by atoms with Gasteiger partial charge in [-0.25, -0.2) is 0 Å². The van der Waals surface area contributed by atoms with Crippen LogP contribution in [0, 0.1) is 22.5 Å². The van der Waals surface area contributed by atoms with E-state index in [1.165, 1.54) is 0 Å². The number of nitro benzene ring substituents is 1. The molecular weight excluding hydrogens is 449 g/mol. The van der Waals surface area contributed by atoms with Crippen molar-refractivity contribution in [2.24, 2.45) is 5.41 Å². The second-order valence-electron chi connectivity index (χ2n) is 9.66. The number of halogens is 3. The Balaban J connectivity index is 1.94. The van der Waals surface area contributed by atoms with Crippen molar-refractivity contribution in [3.63, 3.8) is 0 Å². The molecule has 0 fully saturated rings. The number of nitro groups is 1. The molecule has 0 aromatic heterocycles. The molecule has 1 unspecified atom stereocenters. The molecule has 2 aliphatic rings. The fourth-order valence-electron chi connectivity index (χ4n) is 4.81. The Morgan fingerprint density at radius 2 is 1.71 bits per heavy atom. The molecule has 0 radical (unpaired) electrons. The van der Waals surface area contributed by atoms with Crippen LogP contribution in [-0.4, -0.2) is 16.6 Å². The highest BCUT2D eigenvalue weighted by atomic mass is 19.4. The SMILES string of the molecule is Cc1ccc(C2CC(=O)N(c3ccc(C(F)(F)F)cc3[N+](=O)[O-])C3=C2C(=O)CC(C)(C)C3)cc1. The van der Waals surface area contributed by atoms with E-state index in [4.69, 9.17) is 0 Å². The third-order valence-corrected chi connectivity index (χ3v) is 6.36. The summed E-state index contributed by atoms with van der Waals surface area (Å²) in [6.07, 6.45) is -4.38. The van der Waals surface area contributed by atoms with Gasteiger partial charge in [0.15, 0.2) is 5.78 Å². The second kappa shape index (κ2) is 8.07. The summed E-state index contributed by atoms with van der Waals surface area (Å²) < 4.78 is 39.6. The van der Waals surface area contributed by atoms with Crippen LogP contribution < -0.4 is 4.90 Å². The second-order valence-corrected chi connectivity index (χ2v) is 9.66. The lowest BCUT2D eigenvalue weighted by Gasteiger charge is -2.42. The first kappa shape index (κ1) is 23.7. The lowest BCUT2D eigenvalue weighted by molar-refractivity contribution is -0.384. The lowest BCUT2D eigenvalue weighted by Crippen LogP contribution is -2.44. The number of Topliss-reactive ketones (excluding diaryl/α,β-unsaturated/α-hetero) is 1. The van der Waals surface area contributed by atoms with Crippen molar-refractivity contribution in [2.75, 3.05) is 4.90 Å². The van der Waals surface area contributed by atoms with Crippen molar-refractivity contribution < 1.29 is 27.7 Å². The number of hydrogen-bond acceptors (Lipinski definition) is 4. The number of carbonyl (C=O) groups is 2. The summed E-state index contributed by atoms with van der Waals surface area (Å²) in [6, 6.07) is 9.56. The fraction of sp³-hybridized carbons (Fsp3) is 0.360. The van der Waals surface area contributed by atoms with E-state index in [1.54, 1.807) is 0 Å². The number of alkyl halides is 3. The van der Waals surface area contributed by atoms with Gasteiger partial charge < -0.3 is 0 Å². The fourth-order valence-corrected chi connectivity index (χ4v) is 4.81. The minimum atomic E-state index is -4.78. The molecule has 1 atom stereocenters. The zero-order chi connectivity index (χ0) is 25.0.